The Labute approximate surface area is 139 Å². The largest absolute Gasteiger partial charge is 0.367 e. The second-order valence-corrected chi connectivity index (χ2v) is 5.94. The average molecular weight is 331 g/mol. The van der Waals surface area contributed by atoms with Crippen molar-refractivity contribution in [2.24, 2.45) is 0 Å². The molecule has 3 rings (SSSR count). The van der Waals surface area contributed by atoms with E-state index in [1.54, 1.807) is 16.5 Å². The zero-order valence-electron chi connectivity index (χ0n) is 13.9. The van der Waals surface area contributed by atoms with E-state index in [4.69, 9.17) is 4.74 Å². The molecule has 8 heteroatoms. The highest BCUT2D eigenvalue weighted by molar-refractivity contribution is 5.76. The Morgan fingerprint density at radius 1 is 1.42 bits per heavy atom. The van der Waals surface area contributed by atoms with Gasteiger partial charge in [0.1, 0.15) is 11.9 Å². The second kappa shape index (κ2) is 6.96. The first-order valence-corrected chi connectivity index (χ1v) is 7.98. The molecule has 3 heterocycles. The van der Waals surface area contributed by atoms with Crippen LogP contribution in [0.1, 0.15) is 29.7 Å². The molecule has 1 fully saturated rings. The van der Waals surface area contributed by atoms with E-state index in [1.165, 1.54) is 6.07 Å². The number of nitrogens with zero attached hydrogens (tertiary/aromatic N) is 4. The molecule has 1 N–H and O–H groups in total. The summed E-state index contributed by atoms with van der Waals surface area (Å²) in [6.07, 6.45) is 1.85. The molecule has 1 aliphatic rings. The Morgan fingerprint density at radius 2 is 2.25 bits per heavy atom. The zero-order valence-corrected chi connectivity index (χ0v) is 13.9. The number of H-pyrrole nitrogens is 1. The van der Waals surface area contributed by atoms with Crippen LogP contribution in [0.15, 0.2) is 23.1 Å². The van der Waals surface area contributed by atoms with Crippen molar-refractivity contribution in [1.29, 1.82) is 0 Å². The van der Waals surface area contributed by atoms with Gasteiger partial charge >= 0.3 is 0 Å². The molecule has 2 aromatic heterocycles. The molecule has 0 aliphatic carbocycles. The lowest BCUT2D eigenvalue weighted by Crippen LogP contribution is -2.43. The van der Waals surface area contributed by atoms with Crippen molar-refractivity contribution in [3.63, 3.8) is 0 Å². The van der Waals surface area contributed by atoms with Crippen LogP contribution >= 0.6 is 0 Å². The van der Waals surface area contributed by atoms with Crippen molar-refractivity contribution in [2.75, 3.05) is 19.7 Å². The van der Waals surface area contributed by atoms with Crippen molar-refractivity contribution in [3.05, 3.63) is 45.9 Å². The number of aromatic nitrogens is 4. The molecule has 0 aromatic carbocycles. The molecular weight excluding hydrogens is 310 g/mol. The van der Waals surface area contributed by atoms with Gasteiger partial charge in [-0.1, -0.05) is 0 Å². The minimum Gasteiger partial charge on any atom is -0.367 e. The number of nitrogens with one attached hydrogen (secondary N) is 1. The Hall–Kier alpha value is -2.48. The predicted molar refractivity (Wildman–Crippen MR) is 86.4 cm³/mol. The van der Waals surface area contributed by atoms with Crippen molar-refractivity contribution in [2.45, 2.75) is 32.9 Å². The molecule has 1 atom stereocenters. The fourth-order valence-electron chi connectivity index (χ4n) is 2.75. The number of amides is 1. The molecule has 1 aliphatic heterocycles. The Kier molecular flexibility index (Phi) is 4.75. The van der Waals surface area contributed by atoms with Gasteiger partial charge in [0.2, 0.25) is 5.91 Å². The third-order valence-corrected chi connectivity index (χ3v) is 3.94. The SMILES string of the molecule is Cc1cc(=O)[nH]c([C@H]2CN(C(=O)CCn3ccc(C)n3)CCO2)n1. The summed E-state index contributed by atoms with van der Waals surface area (Å²) in [6.45, 7) is 5.59. The molecule has 8 nitrogen and oxygen atoms in total. The Bertz CT molecular complexity index is 782. The normalized spacial score (nSPS) is 17.9. The third kappa shape index (κ3) is 3.88. The summed E-state index contributed by atoms with van der Waals surface area (Å²) in [6, 6.07) is 3.34. The first-order valence-electron chi connectivity index (χ1n) is 7.98. The van der Waals surface area contributed by atoms with Gasteiger partial charge in [0.25, 0.3) is 5.56 Å². The quantitative estimate of drug-likeness (QED) is 0.884. The van der Waals surface area contributed by atoms with Crippen LogP contribution in [0.4, 0.5) is 0 Å². The fourth-order valence-corrected chi connectivity index (χ4v) is 2.75. The van der Waals surface area contributed by atoms with Crippen LogP contribution in [0.2, 0.25) is 0 Å². The number of ether oxygens (including phenoxy) is 1. The van der Waals surface area contributed by atoms with Crippen molar-refractivity contribution in [1.82, 2.24) is 24.6 Å². The van der Waals surface area contributed by atoms with E-state index in [2.05, 4.69) is 15.1 Å². The van der Waals surface area contributed by atoms with Crippen LogP contribution in [-0.2, 0) is 16.1 Å². The Morgan fingerprint density at radius 3 is 2.96 bits per heavy atom. The number of carbonyl (C=O) groups excluding carboxylic acids is 1. The van der Waals surface area contributed by atoms with Crippen molar-refractivity contribution in [3.8, 4) is 0 Å². The summed E-state index contributed by atoms with van der Waals surface area (Å²) in [5.41, 5.74) is 1.36. The molecule has 1 amide bonds. The van der Waals surface area contributed by atoms with E-state index in [9.17, 15) is 9.59 Å². The van der Waals surface area contributed by atoms with E-state index < -0.39 is 6.10 Å². The number of carbonyl (C=O) groups is 1. The van der Waals surface area contributed by atoms with Crippen LogP contribution < -0.4 is 5.56 Å². The first kappa shape index (κ1) is 16.4. The van der Waals surface area contributed by atoms with Crippen LogP contribution in [0, 0.1) is 13.8 Å². The topological polar surface area (TPSA) is 93.1 Å². The van der Waals surface area contributed by atoms with Crippen LogP contribution in [0.25, 0.3) is 0 Å². The van der Waals surface area contributed by atoms with Gasteiger partial charge in [-0.2, -0.15) is 5.10 Å². The molecule has 24 heavy (non-hydrogen) atoms. The number of hydrogen-bond donors (Lipinski definition) is 1. The monoisotopic (exact) mass is 331 g/mol. The molecule has 0 bridgehead atoms. The summed E-state index contributed by atoms with van der Waals surface area (Å²) in [5.74, 6) is 0.520. The fraction of sp³-hybridized carbons (Fsp3) is 0.500. The highest BCUT2D eigenvalue weighted by Gasteiger charge is 2.27. The van der Waals surface area contributed by atoms with E-state index in [0.717, 1.165) is 5.69 Å². The van der Waals surface area contributed by atoms with Gasteiger partial charge in [0.15, 0.2) is 0 Å². The van der Waals surface area contributed by atoms with Crippen LogP contribution in [0.3, 0.4) is 0 Å². The van der Waals surface area contributed by atoms with Crippen LogP contribution in [-0.4, -0.2) is 50.3 Å². The van der Waals surface area contributed by atoms with Gasteiger partial charge in [-0.15, -0.1) is 0 Å². The summed E-state index contributed by atoms with van der Waals surface area (Å²) in [4.78, 5) is 32.8. The summed E-state index contributed by atoms with van der Waals surface area (Å²) in [5, 5.41) is 4.28. The summed E-state index contributed by atoms with van der Waals surface area (Å²) >= 11 is 0. The van der Waals surface area contributed by atoms with Gasteiger partial charge in [-0.05, 0) is 19.9 Å². The lowest BCUT2D eigenvalue weighted by atomic mass is 10.2. The minimum absolute atomic E-state index is 0.0476. The molecular formula is C16H21N5O3. The van der Waals surface area contributed by atoms with E-state index in [1.807, 2.05) is 19.2 Å². The summed E-state index contributed by atoms with van der Waals surface area (Å²) in [7, 11) is 0. The summed E-state index contributed by atoms with van der Waals surface area (Å²) < 4.78 is 7.45. The molecule has 0 saturated carbocycles. The number of aromatic amines is 1. The third-order valence-electron chi connectivity index (χ3n) is 3.94. The molecule has 128 valence electrons. The highest BCUT2D eigenvalue weighted by Crippen LogP contribution is 2.19. The van der Waals surface area contributed by atoms with Crippen molar-refractivity contribution < 1.29 is 9.53 Å². The lowest BCUT2D eigenvalue weighted by Gasteiger charge is -2.32. The maximum absolute atomic E-state index is 12.4. The maximum Gasteiger partial charge on any atom is 0.251 e. The van der Waals surface area contributed by atoms with E-state index in [0.29, 0.717) is 44.2 Å². The Balaban J connectivity index is 1.62. The van der Waals surface area contributed by atoms with Gasteiger partial charge in [-0.25, -0.2) is 4.98 Å². The maximum atomic E-state index is 12.4. The number of hydrogen-bond acceptors (Lipinski definition) is 5. The number of aryl methyl sites for hydroxylation is 3. The lowest BCUT2D eigenvalue weighted by molar-refractivity contribution is -0.139. The molecule has 0 spiro atoms. The first-order chi connectivity index (χ1) is 11.5. The van der Waals surface area contributed by atoms with Crippen LogP contribution in [0.5, 0.6) is 0 Å². The van der Waals surface area contributed by atoms with Crippen molar-refractivity contribution >= 4 is 5.91 Å². The average Bonchev–Trinajstić information content (AvgIpc) is 2.97. The van der Waals surface area contributed by atoms with E-state index >= 15 is 0 Å². The smallest absolute Gasteiger partial charge is 0.251 e. The predicted octanol–water partition coefficient (Wildman–Crippen LogP) is 0.573. The molecule has 1 saturated heterocycles. The number of morpholine rings is 1. The van der Waals surface area contributed by atoms with Gasteiger partial charge in [0.05, 0.1) is 18.8 Å². The zero-order chi connectivity index (χ0) is 17.1. The highest BCUT2D eigenvalue weighted by atomic mass is 16.5. The van der Waals surface area contributed by atoms with E-state index in [-0.39, 0.29) is 11.5 Å². The standard InChI is InChI=1S/C16H21N5O3/c1-11-3-5-21(19-11)6-4-15(23)20-7-8-24-13(10-20)16-17-12(2)9-14(22)18-16/h3,5,9,13H,4,6-8,10H2,1-2H3,(H,17,18,22)/t13-/m1/s1. The van der Waals surface area contributed by atoms with Gasteiger partial charge in [-0.3, -0.25) is 14.3 Å². The second-order valence-electron chi connectivity index (χ2n) is 5.94. The minimum atomic E-state index is -0.401. The van der Waals surface area contributed by atoms with Gasteiger partial charge < -0.3 is 14.6 Å². The molecule has 2 aromatic rings. The van der Waals surface area contributed by atoms with Gasteiger partial charge in [0, 0.05) is 37.5 Å². The molecule has 0 radical (unpaired) electrons. The number of rotatable bonds is 4. The molecule has 0 unspecified atom stereocenters.